The summed E-state index contributed by atoms with van der Waals surface area (Å²) in [5, 5.41) is 19.6. The number of phenolic OH excluding ortho intramolecular Hbond substituents is 2. The third-order valence-electron chi connectivity index (χ3n) is 9.70. The van der Waals surface area contributed by atoms with Gasteiger partial charge in [-0.3, -0.25) is 9.59 Å². The average molecular weight is 726 g/mol. The van der Waals surface area contributed by atoms with Gasteiger partial charge < -0.3 is 19.8 Å². The molecule has 288 valence electrons. The Morgan fingerprint density at radius 1 is 0.547 bits per heavy atom. The highest BCUT2D eigenvalue weighted by atomic mass is 16.7. The smallest absolute Gasteiger partial charge is 0.325 e. The summed E-state index contributed by atoms with van der Waals surface area (Å²) in [5.74, 6) is 0.446. The molecule has 4 aromatic carbocycles. The first-order chi connectivity index (χ1) is 25.0. The zero-order valence-corrected chi connectivity index (χ0v) is 34.3. The van der Waals surface area contributed by atoms with Crippen LogP contribution in [0.3, 0.4) is 0 Å². The Morgan fingerprint density at radius 2 is 0.887 bits per heavy atom. The molecule has 4 rings (SSSR count). The molecule has 0 fully saturated rings. The number of rotatable bonds is 12. The van der Waals surface area contributed by atoms with Crippen LogP contribution in [0.15, 0.2) is 48.5 Å². The van der Waals surface area contributed by atoms with Crippen molar-refractivity contribution in [2.45, 2.75) is 121 Å². The third kappa shape index (κ3) is 14.7. The molecule has 7 heteroatoms. The fraction of sp³-hybridized carbons (Fsp3) is 0.435. The number of aryl methyl sites for hydroxylation is 10. The summed E-state index contributed by atoms with van der Waals surface area (Å²) in [6, 6.07) is 16.7. The number of ether oxygens (including phenoxy) is 1. The SMILES string of the molecule is CCCCOC(=O)CCc1cc(C)c(C)c(C)c1.CNOC(=O)CCc1cc(C)c(C)c(C)c1.Cc1cc(Cc2cc(C)c(O)c(C)c2)cc(C)c1O. The number of aromatic hydroxyl groups is 2. The fourth-order valence-corrected chi connectivity index (χ4v) is 6.13. The number of unbranched alkanes of at least 4 members (excludes halogenated alkanes) is 1. The van der Waals surface area contributed by atoms with Crippen molar-refractivity contribution < 1.29 is 29.4 Å². The van der Waals surface area contributed by atoms with Crippen LogP contribution in [0.1, 0.15) is 110 Å². The summed E-state index contributed by atoms with van der Waals surface area (Å²) in [6.45, 7) is 23.0. The number of esters is 1. The lowest BCUT2D eigenvalue weighted by molar-refractivity contribution is -0.149. The molecule has 3 N–H and O–H groups in total. The van der Waals surface area contributed by atoms with Gasteiger partial charge in [-0.15, -0.1) is 0 Å². The standard InChI is InChI=1S/C17H20O2.C16H24O2.C13H19NO2/c1-10-5-14(6-11(2)16(10)18)9-15-7-12(3)17(19)13(4)8-15;1-5-6-9-18-16(17)8-7-15-10-12(2)14(4)13(3)11-15;1-9-7-12(8-10(2)11(9)3)5-6-13(15)16-14-4/h5-8,18-19H,9H2,1-4H3;10-11H,5-9H2,1-4H3;7-8,14H,5-6H2,1-4H3. The topological polar surface area (TPSA) is 105 Å². The van der Waals surface area contributed by atoms with Crippen molar-refractivity contribution in [2.24, 2.45) is 0 Å². The molecule has 0 spiro atoms. The molecule has 0 heterocycles. The van der Waals surface area contributed by atoms with E-state index in [0.717, 1.165) is 54.4 Å². The Morgan fingerprint density at radius 3 is 1.23 bits per heavy atom. The number of carbonyl (C=O) groups excluding carboxylic acids is 2. The minimum atomic E-state index is -0.224. The summed E-state index contributed by atoms with van der Waals surface area (Å²) in [5.41, 5.74) is 18.6. The third-order valence-corrected chi connectivity index (χ3v) is 9.70. The maximum atomic E-state index is 11.5. The summed E-state index contributed by atoms with van der Waals surface area (Å²) in [4.78, 5) is 27.3. The van der Waals surface area contributed by atoms with Crippen LogP contribution in [0.2, 0.25) is 0 Å². The average Bonchev–Trinajstić information content (AvgIpc) is 3.09. The van der Waals surface area contributed by atoms with Crippen LogP contribution < -0.4 is 5.48 Å². The van der Waals surface area contributed by atoms with E-state index in [4.69, 9.17) is 4.74 Å². The first-order valence-electron chi connectivity index (χ1n) is 18.7. The maximum Gasteiger partial charge on any atom is 0.325 e. The lowest BCUT2D eigenvalue weighted by atomic mass is 9.97. The summed E-state index contributed by atoms with van der Waals surface area (Å²) in [7, 11) is 1.58. The molecule has 53 heavy (non-hydrogen) atoms. The highest BCUT2D eigenvalue weighted by Gasteiger charge is 2.09. The molecule has 0 saturated carbocycles. The quantitative estimate of drug-likeness (QED) is 0.0759. The Hall–Kier alpha value is -4.62. The van der Waals surface area contributed by atoms with Gasteiger partial charge in [0.05, 0.1) is 13.0 Å². The van der Waals surface area contributed by atoms with E-state index in [1.807, 2.05) is 52.0 Å². The normalized spacial score (nSPS) is 10.5. The van der Waals surface area contributed by atoms with Crippen LogP contribution in [0.4, 0.5) is 0 Å². The number of hydrogen-bond acceptors (Lipinski definition) is 7. The molecule has 0 bridgehead atoms. The fourth-order valence-electron chi connectivity index (χ4n) is 6.13. The molecule has 0 aliphatic carbocycles. The van der Waals surface area contributed by atoms with Crippen LogP contribution in [-0.2, 0) is 38.4 Å². The first kappa shape index (κ1) is 44.5. The van der Waals surface area contributed by atoms with E-state index in [-0.39, 0.29) is 11.9 Å². The van der Waals surface area contributed by atoms with E-state index in [9.17, 15) is 19.8 Å². The second kappa shape index (κ2) is 21.8. The van der Waals surface area contributed by atoms with Crippen molar-refractivity contribution in [1.82, 2.24) is 5.48 Å². The minimum absolute atomic E-state index is 0.0840. The van der Waals surface area contributed by atoms with Crippen LogP contribution in [-0.4, -0.2) is 35.8 Å². The monoisotopic (exact) mass is 725 g/mol. The molecule has 0 amide bonds. The van der Waals surface area contributed by atoms with Gasteiger partial charge in [0.15, 0.2) is 0 Å². The molecule has 0 aliphatic rings. The highest BCUT2D eigenvalue weighted by molar-refractivity contribution is 5.70. The zero-order valence-electron chi connectivity index (χ0n) is 34.3. The molecule has 4 aromatic rings. The molecule has 0 aromatic heterocycles. The van der Waals surface area contributed by atoms with Gasteiger partial charge in [-0.1, -0.05) is 61.9 Å². The Balaban J connectivity index is 0.000000276. The van der Waals surface area contributed by atoms with E-state index < -0.39 is 0 Å². The molecule has 0 saturated heterocycles. The first-order valence-corrected chi connectivity index (χ1v) is 18.7. The van der Waals surface area contributed by atoms with Crippen LogP contribution in [0, 0.1) is 69.2 Å². The Kier molecular flexibility index (Phi) is 18.3. The molecular weight excluding hydrogens is 663 g/mol. The Bertz CT molecular complexity index is 1690. The number of benzene rings is 4. The van der Waals surface area contributed by atoms with Gasteiger partial charge in [0, 0.05) is 13.5 Å². The summed E-state index contributed by atoms with van der Waals surface area (Å²) >= 11 is 0. The van der Waals surface area contributed by atoms with Gasteiger partial charge in [0.2, 0.25) is 0 Å². The lowest BCUT2D eigenvalue weighted by Crippen LogP contribution is -2.15. The van der Waals surface area contributed by atoms with Crippen molar-refractivity contribution in [3.05, 3.63) is 126 Å². The summed E-state index contributed by atoms with van der Waals surface area (Å²) < 4.78 is 5.15. The van der Waals surface area contributed by atoms with E-state index in [1.54, 1.807) is 7.05 Å². The molecule has 0 unspecified atom stereocenters. The number of carbonyl (C=O) groups is 2. The molecule has 0 aliphatic heterocycles. The maximum absolute atomic E-state index is 11.5. The molecule has 0 atom stereocenters. The largest absolute Gasteiger partial charge is 0.507 e. The van der Waals surface area contributed by atoms with Crippen molar-refractivity contribution in [3.8, 4) is 11.5 Å². The molecule has 0 radical (unpaired) electrons. The van der Waals surface area contributed by atoms with E-state index in [2.05, 4.69) is 83.0 Å². The molecule has 7 nitrogen and oxygen atoms in total. The van der Waals surface area contributed by atoms with E-state index >= 15 is 0 Å². The minimum Gasteiger partial charge on any atom is -0.507 e. The number of phenols is 2. The van der Waals surface area contributed by atoms with Crippen molar-refractivity contribution in [1.29, 1.82) is 0 Å². The highest BCUT2D eigenvalue weighted by Crippen LogP contribution is 2.27. The predicted octanol–water partition coefficient (Wildman–Crippen LogP) is 10.0. The predicted molar refractivity (Wildman–Crippen MR) is 217 cm³/mol. The van der Waals surface area contributed by atoms with Crippen molar-refractivity contribution in [3.63, 3.8) is 0 Å². The van der Waals surface area contributed by atoms with Gasteiger partial charge in [0.1, 0.15) is 11.5 Å². The molecular formula is C46H63NO6. The van der Waals surface area contributed by atoms with E-state index in [1.165, 1.54) is 55.6 Å². The second-order valence-electron chi connectivity index (χ2n) is 14.3. The zero-order chi connectivity index (χ0) is 39.8. The number of hydrogen-bond donors (Lipinski definition) is 3. The van der Waals surface area contributed by atoms with Gasteiger partial charge >= 0.3 is 11.9 Å². The van der Waals surface area contributed by atoms with Crippen LogP contribution >= 0.6 is 0 Å². The van der Waals surface area contributed by atoms with E-state index in [0.29, 0.717) is 30.9 Å². The number of nitrogens with one attached hydrogen (secondary N) is 1. The van der Waals surface area contributed by atoms with Crippen LogP contribution in [0.5, 0.6) is 11.5 Å². The second-order valence-corrected chi connectivity index (χ2v) is 14.3. The summed E-state index contributed by atoms with van der Waals surface area (Å²) in [6.07, 6.45) is 5.20. The van der Waals surface area contributed by atoms with Gasteiger partial charge in [-0.2, -0.15) is 5.48 Å². The van der Waals surface area contributed by atoms with Gasteiger partial charge in [0.25, 0.3) is 0 Å². The number of hydroxylamine groups is 1. The van der Waals surface area contributed by atoms with Crippen molar-refractivity contribution in [2.75, 3.05) is 13.7 Å². The van der Waals surface area contributed by atoms with Gasteiger partial charge in [-0.05, 0) is 173 Å². The van der Waals surface area contributed by atoms with Crippen LogP contribution in [0.25, 0.3) is 0 Å². The lowest BCUT2D eigenvalue weighted by Gasteiger charge is -2.10. The Labute approximate surface area is 318 Å². The van der Waals surface area contributed by atoms with Crippen molar-refractivity contribution >= 4 is 11.9 Å². The van der Waals surface area contributed by atoms with Gasteiger partial charge in [-0.25, -0.2) is 0 Å².